The molecule has 1 aliphatic heterocycles. The summed E-state index contributed by atoms with van der Waals surface area (Å²) in [5.41, 5.74) is -0.310. The number of benzene rings is 2. The molecule has 1 saturated heterocycles. The van der Waals surface area contributed by atoms with Crippen LogP contribution in [0.3, 0.4) is 0 Å². The Labute approximate surface area is 159 Å². The van der Waals surface area contributed by atoms with Crippen molar-refractivity contribution in [1.82, 2.24) is 10.2 Å². The molecule has 3 amide bonds. The maximum atomic E-state index is 13.9. The van der Waals surface area contributed by atoms with Gasteiger partial charge in [-0.15, -0.1) is 0 Å². The molecule has 2 aromatic rings. The van der Waals surface area contributed by atoms with Crippen LogP contribution in [-0.4, -0.2) is 23.9 Å². The van der Waals surface area contributed by atoms with Crippen molar-refractivity contribution in [2.24, 2.45) is 0 Å². The fraction of sp³-hybridized carbons (Fsp3) is 0.222. The second-order valence-corrected chi connectivity index (χ2v) is 6.86. The zero-order valence-electron chi connectivity index (χ0n) is 14.0. The molecule has 26 heavy (non-hydrogen) atoms. The molecule has 0 spiro atoms. The number of amides is 3. The van der Waals surface area contributed by atoms with Gasteiger partial charge in [-0.25, -0.2) is 9.18 Å². The summed E-state index contributed by atoms with van der Waals surface area (Å²) in [4.78, 5) is 26.3. The average Bonchev–Trinajstić information content (AvgIpc) is 2.81. The number of rotatable bonds is 4. The minimum Gasteiger partial charge on any atom is -0.494 e. The topological polar surface area (TPSA) is 58.6 Å². The van der Waals surface area contributed by atoms with Crippen molar-refractivity contribution < 1.29 is 18.7 Å². The number of nitrogens with zero attached hydrogens (tertiary/aromatic N) is 1. The number of carbonyl (C=O) groups excluding carboxylic acids is 2. The predicted molar refractivity (Wildman–Crippen MR) is 95.8 cm³/mol. The molecule has 1 heterocycles. The Balaban J connectivity index is 1.88. The van der Waals surface area contributed by atoms with Crippen LogP contribution in [0.4, 0.5) is 9.18 Å². The first-order chi connectivity index (χ1) is 12.3. The van der Waals surface area contributed by atoms with Crippen molar-refractivity contribution in [3.8, 4) is 5.75 Å². The number of hydrogen-bond donors (Lipinski definition) is 1. The Morgan fingerprint density at radius 1 is 1.15 bits per heavy atom. The first kappa shape index (κ1) is 18.5. The van der Waals surface area contributed by atoms with E-state index < -0.39 is 23.3 Å². The van der Waals surface area contributed by atoms with E-state index in [1.807, 2.05) is 0 Å². The van der Waals surface area contributed by atoms with E-state index in [0.29, 0.717) is 16.1 Å². The van der Waals surface area contributed by atoms with E-state index in [-0.39, 0.29) is 17.3 Å². The molecule has 136 valence electrons. The largest absolute Gasteiger partial charge is 0.494 e. The molecule has 2 aromatic carbocycles. The molecule has 1 atom stereocenters. The summed E-state index contributed by atoms with van der Waals surface area (Å²) in [6.45, 7) is 1.52. The Hall–Kier alpha value is -2.31. The van der Waals surface area contributed by atoms with Gasteiger partial charge in [0.15, 0.2) is 11.6 Å². The molecule has 1 fully saturated rings. The minimum absolute atomic E-state index is 0.0670. The SMILES string of the molecule is COc1ccc(CN2C(=O)NC(C)(c3ccc(Cl)c(Cl)c3)C2=O)cc1F. The molecule has 0 aromatic heterocycles. The van der Waals surface area contributed by atoms with E-state index in [1.54, 1.807) is 31.2 Å². The highest BCUT2D eigenvalue weighted by Crippen LogP contribution is 2.33. The summed E-state index contributed by atoms with van der Waals surface area (Å²) >= 11 is 11.9. The number of imide groups is 1. The summed E-state index contributed by atoms with van der Waals surface area (Å²) in [6.07, 6.45) is 0. The normalized spacial score (nSPS) is 19.7. The maximum Gasteiger partial charge on any atom is 0.325 e. The summed E-state index contributed by atoms with van der Waals surface area (Å²) in [7, 11) is 1.36. The Morgan fingerprint density at radius 3 is 2.50 bits per heavy atom. The molecular formula is C18H15Cl2FN2O3. The lowest BCUT2D eigenvalue weighted by Crippen LogP contribution is -2.40. The molecule has 0 saturated carbocycles. The average molecular weight is 397 g/mol. The molecule has 1 unspecified atom stereocenters. The van der Waals surface area contributed by atoms with Crippen LogP contribution in [0.5, 0.6) is 5.75 Å². The maximum absolute atomic E-state index is 13.9. The van der Waals surface area contributed by atoms with E-state index >= 15 is 0 Å². The number of nitrogens with one attached hydrogen (secondary N) is 1. The van der Waals surface area contributed by atoms with Crippen molar-refractivity contribution in [2.75, 3.05) is 7.11 Å². The van der Waals surface area contributed by atoms with E-state index in [2.05, 4.69) is 5.32 Å². The molecule has 1 aliphatic rings. The highest BCUT2D eigenvalue weighted by molar-refractivity contribution is 6.42. The van der Waals surface area contributed by atoms with Gasteiger partial charge in [0.25, 0.3) is 5.91 Å². The quantitative estimate of drug-likeness (QED) is 0.791. The van der Waals surface area contributed by atoms with Crippen LogP contribution in [0.25, 0.3) is 0 Å². The Bertz CT molecular complexity index is 906. The molecule has 0 radical (unpaired) electrons. The lowest BCUT2D eigenvalue weighted by atomic mass is 9.92. The van der Waals surface area contributed by atoms with E-state index in [1.165, 1.54) is 19.2 Å². The minimum atomic E-state index is -1.28. The van der Waals surface area contributed by atoms with Gasteiger partial charge in [-0.2, -0.15) is 0 Å². The second kappa shape index (κ2) is 6.78. The first-order valence-corrected chi connectivity index (χ1v) is 8.44. The smallest absolute Gasteiger partial charge is 0.325 e. The van der Waals surface area contributed by atoms with Crippen molar-refractivity contribution in [2.45, 2.75) is 19.0 Å². The zero-order valence-corrected chi connectivity index (χ0v) is 15.5. The molecule has 8 heteroatoms. The van der Waals surface area contributed by atoms with Crippen LogP contribution < -0.4 is 10.1 Å². The van der Waals surface area contributed by atoms with Gasteiger partial charge in [-0.1, -0.05) is 35.3 Å². The molecule has 0 aliphatic carbocycles. The predicted octanol–water partition coefficient (Wildman–Crippen LogP) is 4.11. The van der Waals surface area contributed by atoms with Gasteiger partial charge in [0.2, 0.25) is 0 Å². The van der Waals surface area contributed by atoms with E-state index in [0.717, 1.165) is 4.90 Å². The van der Waals surface area contributed by atoms with Crippen LogP contribution >= 0.6 is 23.2 Å². The number of methoxy groups -OCH3 is 1. The highest BCUT2D eigenvalue weighted by atomic mass is 35.5. The molecule has 5 nitrogen and oxygen atoms in total. The van der Waals surface area contributed by atoms with Crippen molar-refractivity contribution in [3.05, 3.63) is 63.4 Å². The van der Waals surface area contributed by atoms with Gasteiger partial charge in [0.05, 0.1) is 23.7 Å². The summed E-state index contributed by atoms with van der Waals surface area (Å²) < 4.78 is 18.7. The third-order valence-electron chi connectivity index (χ3n) is 4.33. The number of ether oxygens (including phenoxy) is 1. The molecule has 0 bridgehead atoms. The van der Waals surface area contributed by atoms with Gasteiger partial charge in [0, 0.05) is 0 Å². The first-order valence-electron chi connectivity index (χ1n) is 7.68. The van der Waals surface area contributed by atoms with Crippen molar-refractivity contribution in [3.63, 3.8) is 0 Å². The highest BCUT2D eigenvalue weighted by Gasteiger charge is 2.49. The van der Waals surface area contributed by atoms with E-state index in [4.69, 9.17) is 27.9 Å². The Morgan fingerprint density at radius 2 is 1.88 bits per heavy atom. The number of hydrogen-bond acceptors (Lipinski definition) is 3. The van der Waals surface area contributed by atoms with Crippen molar-refractivity contribution >= 4 is 35.1 Å². The van der Waals surface area contributed by atoms with Crippen LogP contribution in [0, 0.1) is 5.82 Å². The fourth-order valence-electron chi connectivity index (χ4n) is 2.83. The zero-order chi connectivity index (χ0) is 19.1. The molecule has 3 rings (SSSR count). The summed E-state index contributed by atoms with van der Waals surface area (Å²) in [6, 6.07) is 8.43. The van der Waals surface area contributed by atoms with Crippen molar-refractivity contribution in [1.29, 1.82) is 0 Å². The van der Waals surface area contributed by atoms with Crippen LogP contribution in [0.15, 0.2) is 36.4 Å². The summed E-state index contributed by atoms with van der Waals surface area (Å²) in [5.74, 6) is -0.937. The van der Waals surface area contributed by atoms with Crippen LogP contribution in [-0.2, 0) is 16.9 Å². The number of halogens is 3. The second-order valence-electron chi connectivity index (χ2n) is 6.04. The van der Waals surface area contributed by atoms with Gasteiger partial charge < -0.3 is 10.1 Å². The standard InChI is InChI=1S/C18H15Cl2FN2O3/c1-18(11-4-5-12(19)13(20)8-11)16(24)23(17(25)22-18)9-10-3-6-15(26-2)14(21)7-10/h3-8H,9H2,1-2H3,(H,22,25). The monoisotopic (exact) mass is 396 g/mol. The lowest BCUT2D eigenvalue weighted by Gasteiger charge is -2.22. The number of carbonyl (C=O) groups is 2. The fourth-order valence-corrected chi connectivity index (χ4v) is 3.13. The van der Waals surface area contributed by atoms with E-state index in [9.17, 15) is 14.0 Å². The molecule has 1 N–H and O–H groups in total. The number of urea groups is 1. The third-order valence-corrected chi connectivity index (χ3v) is 5.07. The van der Waals surface area contributed by atoms with Gasteiger partial charge >= 0.3 is 6.03 Å². The van der Waals surface area contributed by atoms with Gasteiger partial charge in [-0.05, 0) is 42.3 Å². The summed E-state index contributed by atoms with van der Waals surface area (Å²) in [5, 5.41) is 3.30. The molecular weight excluding hydrogens is 382 g/mol. The Kier molecular flexibility index (Phi) is 4.82. The van der Waals surface area contributed by atoms with Gasteiger partial charge in [0.1, 0.15) is 5.54 Å². The lowest BCUT2D eigenvalue weighted by molar-refractivity contribution is -0.131. The van der Waals surface area contributed by atoms with Crippen LogP contribution in [0.2, 0.25) is 10.0 Å². The van der Waals surface area contributed by atoms with Gasteiger partial charge in [-0.3, -0.25) is 9.69 Å². The van der Waals surface area contributed by atoms with Crippen LogP contribution in [0.1, 0.15) is 18.1 Å². The third kappa shape index (κ3) is 3.10.